The second-order valence-electron chi connectivity index (χ2n) is 4.94. The van der Waals surface area contributed by atoms with Crippen LogP contribution in [-0.2, 0) is 6.54 Å². The van der Waals surface area contributed by atoms with Crippen molar-refractivity contribution in [3.63, 3.8) is 0 Å². The third-order valence-electron chi connectivity index (χ3n) is 3.60. The van der Waals surface area contributed by atoms with E-state index in [4.69, 9.17) is 0 Å². The SMILES string of the molecule is Cc1cc2ccccc2n1Cc1cccc([N+](=O)[O-])c1Br. The first-order valence-electron chi connectivity index (χ1n) is 6.54. The van der Waals surface area contributed by atoms with Gasteiger partial charge in [-0.2, -0.15) is 0 Å². The van der Waals surface area contributed by atoms with E-state index in [-0.39, 0.29) is 10.6 Å². The lowest BCUT2D eigenvalue weighted by molar-refractivity contribution is -0.385. The van der Waals surface area contributed by atoms with Gasteiger partial charge in [-0.05, 0) is 45.9 Å². The minimum atomic E-state index is -0.367. The highest BCUT2D eigenvalue weighted by atomic mass is 79.9. The fourth-order valence-corrected chi connectivity index (χ4v) is 3.09. The van der Waals surface area contributed by atoms with Gasteiger partial charge in [0.25, 0.3) is 5.69 Å². The number of benzene rings is 2. The molecule has 0 atom stereocenters. The summed E-state index contributed by atoms with van der Waals surface area (Å²) in [4.78, 5) is 10.7. The number of halogens is 1. The van der Waals surface area contributed by atoms with Gasteiger partial charge >= 0.3 is 0 Å². The number of fused-ring (bicyclic) bond motifs is 1. The van der Waals surface area contributed by atoms with Crippen LogP contribution in [0.5, 0.6) is 0 Å². The summed E-state index contributed by atoms with van der Waals surface area (Å²) in [7, 11) is 0. The third-order valence-corrected chi connectivity index (χ3v) is 4.52. The van der Waals surface area contributed by atoms with Crippen molar-refractivity contribution in [1.29, 1.82) is 0 Å². The predicted molar refractivity (Wildman–Crippen MR) is 86.6 cm³/mol. The van der Waals surface area contributed by atoms with E-state index in [1.807, 2.05) is 25.1 Å². The first kappa shape index (κ1) is 13.8. The molecule has 0 N–H and O–H groups in total. The Morgan fingerprint density at radius 3 is 2.71 bits per heavy atom. The van der Waals surface area contributed by atoms with Crippen LogP contribution in [0.1, 0.15) is 11.3 Å². The second kappa shape index (κ2) is 5.33. The van der Waals surface area contributed by atoms with Crippen LogP contribution in [-0.4, -0.2) is 9.49 Å². The van der Waals surface area contributed by atoms with Crippen LogP contribution < -0.4 is 0 Å². The molecule has 2 aromatic carbocycles. The molecular formula is C16H13BrN2O2. The van der Waals surface area contributed by atoms with Crippen molar-refractivity contribution in [2.24, 2.45) is 0 Å². The zero-order valence-corrected chi connectivity index (χ0v) is 13.0. The molecule has 0 unspecified atom stereocenters. The average molecular weight is 345 g/mol. The van der Waals surface area contributed by atoms with Crippen molar-refractivity contribution >= 4 is 32.5 Å². The summed E-state index contributed by atoms with van der Waals surface area (Å²) in [5.74, 6) is 0. The van der Waals surface area contributed by atoms with Gasteiger partial charge in [0.1, 0.15) is 4.47 Å². The molecule has 0 bridgehead atoms. The Balaban J connectivity index is 2.09. The topological polar surface area (TPSA) is 48.1 Å². The summed E-state index contributed by atoms with van der Waals surface area (Å²) in [6, 6.07) is 15.4. The number of para-hydroxylation sites is 1. The van der Waals surface area contributed by atoms with Crippen LogP contribution >= 0.6 is 15.9 Å². The molecule has 106 valence electrons. The smallest absolute Gasteiger partial charge is 0.283 e. The van der Waals surface area contributed by atoms with Crippen molar-refractivity contribution in [3.8, 4) is 0 Å². The van der Waals surface area contributed by atoms with Gasteiger partial charge < -0.3 is 4.57 Å². The number of nitro groups is 1. The quantitative estimate of drug-likeness (QED) is 0.512. The van der Waals surface area contributed by atoms with E-state index in [1.54, 1.807) is 6.07 Å². The van der Waals surface area contributed by atoms with E-state index in [0.29, 0.717) is 11.0 Å². The predicted octanol–water partition coefficient (Wildman–Crippen LogP) is 4.67. The Morgan fingerprint density at radius 1 is 1.19 bits per heavy atom. The molecule has 21 heavy (non-hydrogen) atoms. The van der Waals surface area contributed by atoms with Gasteiger partial charge in [-0.15, -0.1) is 0 Å². The maximum atomic E-state index is 11.0. The molecule has 0 aliphatic carbocycles. The minimum Gasteiger partial charge on any atom is -0.340 e. The highest BCUT2D eigenvalue weighted by molar-refractivity contribution is 9.10. The Bertz CT molecular complexity index is 839. The van der Waals surface area contributed by atoms with Gasteiger partial charge in [-0.1, -0.05) is 30.3 Å². The molecule has 0 spiro atoms. The monoisotopic (exact) mass is 344 g/mol. The average Bonchev–Trinajstić information content (AvgIpc) is 2.77. The van der Waals surface area contributed by atoms with Gasteiger partial charge in [0.15, 0.2) is 0 Å². The molecule has 3 aromatic rings. The molecule has 3 rings (SSSR count). The molecule has 0 radical (unpaired) electrons. The molecule has 1 heterocycles. The van der Waals surface area contributed by atoms with E-state index in [9.17, 15) is 10.1 Å². The van der Waals surface area contributed by atoms with Gasteiger partial charge in [0.2, 0.25) is 0 Å². The zero-order valence-electron chi connectivity index (χ0n) is 11.4. The van der Waals surface area contributed by atoms with Crippen LogP contribution in [0.15, 0.2) is 53.0 Å². The molecule has 5 heteroatoms. The van der Waals surface area contributed by atoms with Crippen molar-refractivity contribution < 1.29 is 4.92 Å². The van der Waals surface area contributed by atoms with Crippen LogP contribution in [0.3, 0.4) is 0 Å². The van der Waals surface area contributed by atoms with Crippen molar-refractivity contribution in [2.75, 3.05) is 0 Å². The van der Waals surface area contributed by atoms with E-state index in [0.717, 1.165) is 16.8 Å². The molecule has 4 nitrogen and oxygen atoms in total. The zero-order chi connectivity index (χ0) is 15.0. The van der Waals surface area contributed by atoms with E-state index >= 15 is 0 Å². The lowest BCUT2D eigenvalue weighted by Gasteiger charge is -2.10. The molecule has 0 saturated carbocycles. The van der Waals surface area contributed by atoms with E-state index in [2.05, 4.69) is 38.7 Å². The summed E-state index contributed by atoms with van der Waals surface area (Å²) in [5, 5.41) is 12.2. The normalized spacial score (nSPS) is 11.0. The molecule has 0 aliphatic heterocycles. The second-order valence-corrected chi connectivity index (χ2v) is 5.73. The van der Waals surface area contributed by atoms with Crippen LogP contribution in [0, 0.1) is 17.0 Å². The molecule has 0 fully saturated rings. The molecule has 0 amide bonds. The number of aromatic nitrogens is 1. The van der Waals surface area contributed by atoms with Crippen molar-refractivity contribution in [1.82, 2.24) is 4.57 Å². The summed E-state index contributed by atoms with van der Waals surface area (Å²) < 4.78 is 2.71. The number of nitrogens with zero attached hydrogens (tertiary/aromatic N) is 2. The maximum Gasteiger partial charge on any atom is 0.283 e. The van der Waals surface area contributed by atoms with E-state index < -0.39 is 0 Å². The Morgan fingerprint density at radius 2 is 1.95 bits per heavy atom. The van der Waals surface area contributed by atoms with Crippen LogP contribution in [0.4, 0.5) is 5.69 Å². The number of hydrogen-bond donors (Lipinski definition) is 0. The highest BCUT2D eigenvalue weighted by Crippen LogP contribution is 2.30. The number of aryl methyl sites for hydroxylation is 1. The molecule has 0 saturated heterocycles. The fraction of sp³-hybridized carbons (Fsp3) is 0.125. The van der Waals surface area contributed by atoms with E-state index in [1.165, 1.54) is 11.5 Å². The number of nitro benzene ring substituents is 1. The molecule has 0 aliphatic rings. The maximum absolute atomic E-state index is 11.0. The summed E-state index contributed by atoms with van der Waals surface area (Å²) in [6.07, 6.45) is 0. The van der Waals surface area contributed by atoms with Crippen molar-refractivity contribution in [3.05, 3.63) is 74.4 Å². The number of rotatable bonds is 3. The van der Waals surface area contributed by atoms with Crippen LogP contribution in [0.25, 0.3) is 10.9 Å². The van der Waals surface area contributed by atoms with Gasteiger partial charge in [-0.25, -0.2) is 0 Å². The standard InChI is InChI=1S/C16H13BrN2O2/c1-11-9-12-5-2-3-7-14(12)18(11)10-13-6-4-8-15(16(13)17)19(20)21/h2-9H,10H2,1H3. The van der Waals surface area contributed by atoms with Crippen molar-refractivity contribution in [2.45, 2.75) is 13.5 Å². The minimum absolute atomic E-state index is 0.0987. The van der Waals surface area contributed by atoms with Gasteiger partial charge in [0, 0.05) is 23.8 Å². The third kappa shape index (κ3) is 2.45. The largest absolute Gasteiger partial charge is 0.340 e. The first-order chi connectivity index (χ1) is 10.1. The summed E-state index contributed by atoms with van der Waals surface area (Å²) in [6.45, 7) is 2.65. The lowest BCUT2D eigenvalue weighted by Crippen LogP contribution is -2.03. The Labute approximate surface area is 130 Å². The summed E-state index contributed by atoms with van der Waals surface area (Å²) in [5.41, 5.74) is 3.26. The summed E-state index contributed by atoms with van der Waals surface area (Å²) >= 11 is 3.36. The Kier molecular flexibility index (Phi) is 3.51. The Hall–Kier alpha value is -2.14. The molecular weight excluding hydrogens is 332 g/mol. The first-order valence-corrected chi connectivity index (χ1v) is 7.34. The highest BCUT2D eigenvalue weighted by Gasteiger charge is 2.16. The number of hydrogen-bond acceptors (Lipinski definition) is 2. The van der Waals surface area contributed by atoms with Gasteiger partial charge in [0.05, 0.1) is 4.92 Å². The fourth-order valence-electron chi connectivity index (χ4n) is 2.56. The molecule has 1 aromatic heterocycles. The van der Waals surface area contributed by atoms with Crippen LogP contribution in [0.2, 0.25) is 0 Å². The van der Waals surface area contributed by atoms with Gasteiger partial charge in [-0.3, -0.25) is 10.1 Å². The lowest BCUT2D eigenvalue weighted by atomic mass is 10.2.